The number of nitrogens with one attached hydrogen (secondary N) is 2. The topological polar surface area (TPSA) is 122 Å². The lowest BCUT2D eigenvalue weighted by Crippen LogP contribution is -2.44. The molecule has 3 aromatic heterocycles. The van der Waals surface area contributed by atoms with Crippen molar-refractivity contribution in [1.29, 1.82) is 0 Å². The fraction of sp³-hybridized carbons (Fsp3) is 0.462. The van der Waals surface area contributed by atoms with Crippen LogP contribution in [0.25, 0.3) is 28.0 Å². The minimum absolute atomic E-state index is 0.118. The zero-order valence-corrected chi connectivity index (χ0v) is 21.6. The van der Waals surface area contributed by atoms with Gasteiger partial charge < -0.3 is 20.4 Å². The summed E-state index contributed by atoms with van der Waals surface area (Å²) >= 11 is 0. The van der Waals surface area contributed by atoms with Gasteiger partial charge in [0.2, 0.25) is 11.9 Å². The molecule has 6 rings (SSSR count). The van der Waals surface area contributed by atoms with E-state index in [0.29, 0.717) is 30.1 Å². The molecule has 1 aromatic carbocycles. The normalized spacial score (nSPS) is 18.3. The van der Waals surface area contributed by atoms with Crippen LogP contribution >= 0.6 is 0 Å². The number of aryl methyl sites for hydroxylation is 1. The average Bonchev–Trinajstić information content (AvgIpc) is 3.69. The molecule has 2 fully saturated rings. The first kappa shape index (κ1) is 24.4. The SMILES string of the molecule is Cn1cc(-c2ccc(-n3nnc4cnc(N[C@@H]5CCN(C(=O)CCCN6CCNCC6)C5)nc43)cc2)cn1. The average molecular weight is 516 g/mol. The number of likely N-dealkylation sites (tertiary alicyclic amines) is 1. The van der Waals surface area contributed by atoms with Crippen LogP contribution in [0.5, 0.6) is 0 Å². The van der Waals surface area contributed by atoms with Gasteiger partial charge in [0.25, 0.3) is 0 Å². The van der Waals surface area contributed by atoms with Crippen LogP contribution < -0.4 is 10.6 Å². The number of amides is 1. The number of carbonyl (C=O) groups excluding carboxylic acids is 1. The predicted molar refractivity (Wildman–Crippen MR) is 144 cm³/mol. The monoisotopic (exact) mass is 515 g/mol. The summed E-state index contributed by atoms with van der Waals surface area (Å²) in [4.78, 5) is 26.3. The summed E-state index contributed by atoms with van der Waals surface area (Å²) in [6.07, 6.45) is 7.90. The van der Waals surface area contributed by atoms with Crippen LogP contribution in [-0.4, -0.2) is 102 Å². The highest BCUT2D eigenvalue weighted by atomic mass is 16.2. The van der Waals surface area contributed by atoms with Crippen molar-refractivity contribution in [3.05, 3.63) is 42.9 Å². The molecule has 198 valence electrons. The van der Waals surface area contributed by atoms with E-state index in [1.54, 1.807) is 15.6 Å². The van der Waals surface area contributed by atoms with E-state index >= 15 is 0 Å². The first-order valence-electron chi connectivity index (χ1n) is 13.3. The number of carbonyl (C=O) groups is 1. The minimum Gasteiger partial charge on any atom is -0.350 e. The van der Waals surface area contributed by atoms with Gasteiger partial charge in [-0.25, -0.2) is 4.98 Å². The van der Waals surface area contributed by atoms with E-state index in [1.807, 2.05) is 48.6 Å². The first-order valence-corrected chi connectivity index (χ1v) is 13.3. The molecule has 0 saturated carbocycles. The molecule has 1 atom stereocenters. The lowest BCUT2D eigenvalue weighted by Gasteiger charge is -2.27. The summed E-state index contributed by atoms with van der Waals surface area (Å²) in [7, 11) is 1.90. The van der Waals surface area contributed by atoms with Crippen molar-refractivity contribution in [2.75, 3.05) is 51.1 Å². The van der Waals surface area contributed by atoms with Crippen molar-refractivity contribution in [1.82, 2.24) is 49.9 Å². The molecule has 0 bridgehead atoms. The molecular formula is C26H33N11O. The van der Waals surface area contributed by atoms with Crippen molar-refractivity contribution in [2.45, 2.75) is 25.3 Å². The number of rotatable bonds is 8. The predicted octanol–water partition coefficient (Wildman–Crippen LogP) is 1.31. The second kappa shape index (κ2) is 10.8. The number of aromatic nitrogens is 7. The van der Waals surface area contributed by atoms with Gasteiger partial charge in [0, 0.05) is 70.5 Å². The molecule has 2 N–H and O–H groups in total. The summed E-state index contributed by atoms with van der Waals surface area (Å²) in [6.45, 7) is 6.63. The van der Waals surface area contributed by atoms with Crippen LogP contribution in [0.1, 0.15) is 19.3 Å². The zero-order valence-electron chi connectivity index (χ0n) is 21.6. The number of anilines is 1. The van der Waals surface area contributed by atoms with Crippen LogP contribution in [0, 0.1) is 0 Å². The maximum Gasteiger partial charge on any atom is 0.225 e. The molecule has 12 heteroatoms. The van der Waals surface area contributed by atoms with Gasteiger partial charge in [-0.15, -0.1) is 5.10 Å². The Morgan fingerprint density at radius 3 is 2.74 bits per heavy atom. The molecule has 0 radical (unpaired) electrons. The van der Waals surface area contributed by atoms with Gasteiger partial charge in [0.05, 0.1) is 18.1 Å². The highest BCUT2D eigenvalue weighted by Crippen LogP contribution is 2.22. The number of nitrogens with zero attached hydrogens (tertiary/aromatic N) is 9. The van der Waals surface area contributed by atoms with E-state index in [4.69, 9.17) is 4.98 Å². The lowest BCUT2D eigenvalue weighted by molar-refractivity contribution is -0.130. The van der Waals surface area contributed by atoms with Crippen molar-refractivity contribution in [3.8, 4) is 16.8 Å². The summed E-state index contributed by atoms with van der Waals surface area (Å²) in [5, 5.41) is 19.6. The summed E-state index contributed by atoms with van der Waals surface area (Å²) < 4.78 is 3.51. The molecule has 0 unspecified atom stereocenters. The second-order valence-corrected chi connectivity index (χ2v) is 10.0. The van der Waals surface area contributed by atoms with Gasteiger partial charge in [-0.2, -0.15) is 14.8 Å². The smallest absolute Gasteiger partial charge is 0.225 e. The Balaban J connectivity index is 1.07. The van der Waals surface area contributed by atoms with Crippen LogP contribution in [0.15, 0.2) is 42.9 Å². The number of fused-ring (bicyclic) bond motifs is 1. The Hall–Kier alpha value is -3.90. The molecule has 1 amide bonds. The molecule has 2 aliphatic heterocycles. The standard InChI is InChI=1S/C26H33N11O/c1-34-17-20(15-29-34)19-4-6-22(7-5-19)37-25-23(32-33-37)16-28-26(31-25)30-21-8-12-36(18-21)24(38)3-2-11-35-13-9-27-10-14-35/h4-7,15-17,21,27H,2-3,8-14,18H2,1H3,(H,28,30,31)/t21-/m1/s1. The molecule has 12 nitrogen and oxygen atoms in total. The molecule has 0 aliphatic carbocycles. The van der Waals surface area contributed by atoms with E-state index in [2.05, 4.69) is 35.9 Å². The van der Waals surface area contributed by atoms with E-state index < -0.39 is 0 Å². The quantitative estimate of drug-likeness (QED) is 0.358. The second-order valence-electron chi connectivity index (χ2n) is 10.0. The van der Waals surface area contributed by atoms with Gasteiger partial charge in [-0.1, -0.05) is 17.3 Å². The highest BCUT2D eigenvalue weighted by molar-refractivity contribution is 5.76. The Morgan fingerprint density at radius 1 is 1.11 bits per heavy atom. The van der Waals surface area contributed by atoms with E-state index in [-0.39, 0.29) is 11.9 Å². The molecule has 2 saturated heterocycles. The van der Waals surface area contributed by atoms with Crippen molar-refractivity contribution in [2.24, 2.45) is 7.05 Å². The molecule has 0 spiro atoms. The summed E-state index contributed by atoms with van der Waals surface area (Å²) in [5.41, 5.74) is 4.26. The molecular weight excluding hydrogens is 482 g/mol. The van der Waals surface area contributed by atoms with Gasteiger partial charge in [-0.05, 0) is 37.1 Å². The number of hydrogen-bond acceptors (Lipinski definition) is 9. The van der Waals surface area contributed by atoms with Gasteiger partial charge in [0.1, 0.15) is 0 Å². The van der Waals surface area contributed by atoms with E-state index in [1.165, 1.54) is 0 Å². The minimum atomic E-state index is 0.118. The van der Waals surface area contributed by atoms with Crippen LogP contribution in [-0.2, 0) is 11.8 Å². The van der Waals surface area contributed by atoms with Gasteiger partial charge >= 0.3 is 0 Å². The number of piperazine rings is 1. The Morgan fingerprint density at radius 2 is 1.95 bits per heavy atom. The molecule has 2 aliphatic rings. The van der Waals surface area contributed by atoms with Crippen molar-refractivity contribution >= 4 is 23.0 Å². The number of hydrogen-bond donors (Lipinski definition) is 2. The van der Waals surface area contributed by atoms with Crippen molar-refractivity contribution < 1.29 is 4.79 Å². The Bertz CT molecular complexity index is 1390. The third-order valence-corrected chi connectivity index (χ3v) is 7.29. The maximum absolute atomic E-state index is 12.8. The van der Waals surface area contributed by atoms with Crippen molar-refractivity contribution in [3.63, 3.8) is 0 Å². The highest BCUT2D eigenvalue weighted by Gasteiger charge is 2.27. The van der Waals surface area contributed by atoms with Crippen LogP contribution in [0.2, 0.25) is 0 Å². The third-order valence-electron chi connectivity index (χ3n) is 7.29. The molecule has 4 aromatic rings. The Labute approximate surface area is 221 Å². The fourth-order valence-corrected chi connectivity index (χ4v) is 5.17. The largest absolute Gasteiger partial charge is 0.350 e. The third kappa shape index (κ3) is 5.36. The lowest BCUT2D eigenvalue weighted by atomic mass is 10.1. The Kier molecular flexibility index (Phi) is 6.97. The fourth-order valence-electron chi connectivity index (χ4n) is 5.17. The molecule has 5 heterocycles. The van der Waals surface area contributed by atoms with Crippen LogP contribution in [0.3, 0.4) is 0 Å². The molecule has 38 heavy (non-hydrogen) atoms. The van der Waals surface area contributed by atoms with Gasteiger partial charge in [0.15, 0.2) is 11.2 Å². The first-order chi connectivity index (χ1) is 18.6. The van der Waals surface area contributed by atoms with Crippen LogP contribution in [0.4, 0.5) is 5.95 Å². The summed E-state index contributed by atoms with van der Waals surface area (Å²) in [5.74, 6) is 0.754. The van der Waals surface area contributed by atoms with E-state index in [9.17, 15) is 4.79 Å². The van der Waals surface area contributed by atoms with E-state index in [0.717, 1.165) is 68.9 Å². The number of benzene rings is 1. The zero-order chi connectivity index (χ0) is 25.9. The van der Waals surface area contributed by atoms with Gasteiger partial charge in [-0.3, -0.25) is 9.48 Å². The summed E-state index contributed by atoms with van der Waals surface area (Å²) in [6, 6.07) is 8.18. The maximum atomic E-state index is 12.8.